The first-order valence-corrected chi connectivity index (χ1v) is 9.75. The molecule has 148 valence electrons. The number of urea groups is 1. The van der Waals surface area contributed by atoms with E-state index in [2.05, 4.69) is 16.4 Å². The molecule has 1 saturated heterocycles. The molecule has 2 heterocycles. The second-order valence-electron chi connectivity index (χ2n) is 7.46. The van der Waals surface area contributed by atoms with Crippen LogP contribution >= 0.6 is 0 Å². The number of likely N-dealkylation sites (N-methyl/N-ethyl adjacent to an activating group) is 1. The van der Waals surface area contributed by atoms with E-state index in [9.17, 15) is 9.59 Å². The van der Waals surface area contributed by atoms with E-state index in [1.165, 1.54) is 5.56 Å². The highest BCUT2D eigenvalue weighted by atomic mass is 16.2. The van der Waals surface area contributed by atoms with Gasteiger partial charge in [0.2, 0.25) is 5.91 Å². The maximum absolute atomic E-state index is 12.5. The number of hydrogen-bond acceptors (Lipinski definition) is 3. The lowest BCUT2D eigenvalue weighted by Gasteiger charge is -2.25. The van der Waals surface area contributed by atoms with Gasteiger partial charge >= 0.3 is 6.03 Å². The third kappa shape index (κ3) is 4.88. The molecule has 0 saturated carbocycles. The summed E-state index contributed by atoms with van der Waals surface area (Å²) >= 11 is 0. The molecule has 0 aliphatic carbocycles. The molecular formula is C22H28N4O2. The van der Waals surface area contributed by atoms with Crippen LogP contribution < -0.4 is 10.2 Å². The van der Waals surface area contributed by atoms with Crippen molar-refractivity contribution in [3.05, 3.63) is 59.4 Å². The first kappa shape index (κ1) is 19.9. The second kappa shape index (κ2) is 8.87. The molecule has 28 heavy (non-hydrogen) atoms. The smallest absolute Gasteiger partial charge is 0.317 e. The molecule has 3 rings (SSSR count). The fourth-order valence-corrected chi connectivity index (χ4v) is 3.37. The Kier molecular flexibility index (Phi) is 6.29. The number of pyridine rings is 1. The molecule has 1 aromatic carbocycles. The van der Waals surface area contributed by atoms with E-state index in [0.29, 0.717) is 19.4 Å². The van der Waals surface area contributed by atoms with Gasteiger partial charge in [-0.1, -0.05) is 12.1 Å². The fraction of sp³-hybridized carbons (Fsp3) is 0.409. The molecule has 1 atom stereocenters. The lowest BCUT2D eigenvalue weighted by atomic mass is 10.1. The Labute approximate surface area is 166 Å². The van der Waals surface area contributed by atoms with Crippen molar-refractivity contribution in [2.45, 2.75) is 45.7 Å². The van der Waals surface area contributed by atoms with E-state index < -0.39 is 0 Å². The van der Waals surface area contributed by atoms with Crippen molar-refractivity contribution >= 4 is 17.6 Å². The van der Waals surface area contributed by atoms with Crippen molar-refractivity contribution in [1.29, 1.82) is 0 Å². The number of carbonyl (C=O) groups is 2. The number of rotatable bonds is 6. The summed E-state index contributed by atoms with van der Waals surface area (Å²) in [6.45, 7) is 5.29. The van der Waals surface area contributed by atoms with Crippen LogP contribution in [-0.4, -0.2) is 41.5 Å². The molecule has 2 aromatic rings. The lowest BCUT2D eigenvalue weighted by Crippen LogP contribution is -2.43. The lowest BCUT2D eigenvalue weighted by molar-refractivity contribution is -0.117. The second-order valence-corrected chi connectivity index (χ2v) is 7.46. The number of nitrogens with one attached hydrogen (secondary N) is 1. The maximum atomic E-state index is 12.5. The molecule has 1 N–H and O–H groups in total. The van der Waals surface area contributed by atoms with Crippen LogP contribution in [0, 0.1) is 6.92 Å². The van der Waals surface area contributed by atoms with Gasteiger partial charge in [-0.15, -0.1) is 0 Å². The molecule has 1 fully saturated rings. The molecule has 6 nitrogen and oxygen atoms in total. The first-order chi connectivity index (χ1) is 13.4. The molecule has 6 heteroatoms. The molecule has 1 aliphatic rings. The van der Waals surface area contributed by atoms with Crippen LogP contribution in [0.25, 0.3) is 0 Å². The van der Waals surface area contributed by atoms with Gasteiger partial charge in [0.05, 0.1) is 0 Å². The number of carbonyl (C=O) groups excluding carboxylic acids is 2. The molecule has 0 spiro atoms. The average molecular weight is 380 g/mol. The van der Waals surface area contributed by atoms with Crippen molar-refractivity contribution in [3.8, 4) is 0 Å². The topological polar surface area (TPSA) is 65.5 Å². The zero-order chi connectivity index (χ0) is 20.1. The van der Waals surface area contributed by atoms with Gasteiger partial charge in [0.15, 0.2) is 0 Å². The van der Waals surface area contributed by atoms with E-state index >= 15 is 0 Å². The Bertz CT molecular complexity index is 835. The summed E-state index contributed by atoms with van der Waals surface area (Å²) in [6.07, 6.45) is 4.06. The van der Waals surface area contributed by atoms with Gasteiger partial charge in [-0.3, -0.25) is 9.78 Å². The van der Waals surface area contributed by atoms with Crippen LogP contribution in [-0.2, 0) is 17.8 Å². The van der Waals surface area contributed by atoms with Gasteiger partial charge in [0.1, 0.15) is 0 Å². The molecule has 1 aliphatic heterocycles. The minimum absolute atomic E-state index is 0.0397. The van der Waals surface area contributed by atoms with Crippen molar-refractivity contribution in [3.63, 3.8) is 0 Å². The average Bonchev–Trinajstić information content (AvgIpc) is 3.11. The van der Waals surface area contributed by atoms with Crippen LogP contribution in [0.5, 0.6) is 0 Å². The van der Waals surface area contributed by atoms with Gasteiger partial charge in [-0.25, -0.2) is 4.79 Å². The van der Waals surface area contributed by atoms with E-state index in [4.69, 9.17) is 0 Å². The van der Waals surface area contributed by atoms with E-state index in [-0.39, 0.29) is 18.0 Å². The third-order valence-electron chi connectivity index (χ3n) is 5.22. The highest BCUT2D eigenvalue weighted by Crippen LogP contribution is 2.21. The highest BCUT2D eigenvalue weighted by molar-refractivity contribution is 5.95. The number of benzene rings is 1. The summed E-state index contributed by atoms with van der Waals surface area (Å²) in [6, 6.07) is 11.8. The molecule has 1 aromatic heterocycles. The van der Waals surface area contributed by atoms with E-state index in [0.717, 1.165) is 29.9 Å². The Hall–Kier alpha value is -2.89. The predicted molar refractivity (Wildman–Crippen MR) is 110 cm³/mol. The summed E-state index contributed by atoms with van der Waals surface area (Å²) in [5.41, 5.74) is 4.08. The quantitative estimate of drug-likeness (QED) is 0.836. The SMILES string of the molecule is Cc1ccnc(C[C@@H](C)N(C)C(=O)NCc2ccc(N3CCCC3=O)cc2)c1. The number of aryl methyl sites for hydroxylation is 1. The summed E-state index contributed by atoms with van der Waals surface area (Å²) < 4.78 is 0. The Balaban J connectivity index is 1.50. The molecular weight excluding hydrogens is 352 g/mol. The van der Waals surface area contributed by atoms with Crippen molar-refractivity contribution in [2.75, 3.05) is 18.5 Å². The minimum Gasteiger partial charge on any atom is -0.334 e. The van der Waals surface area contributed by atoms with Gasteiger partial charge in [-0.05, 0) is 55.7 Å². The van der Waals surface area contributed by atoms with Crippen LogP contribution in [0.4, 0.5) is 10.5 Å². The van der Waals surface area contributed by atoms with Gasteiger partial charge in [0.25, 0.3) is 0 Å². The maximum Gasteiger partial charge on any atom is 0.317 e. The van der Waals surface area contributed by atoms with E-state index in [1.807, 2.05) is 49.1 Å². The Morgan fingerprint density at radius 3 is 2.68 bits per heavy atom. The molecule has 0 bridgehead atoms. The van der Waals surface area contributed by atoms with Crippen molar-refractivity contribution in [2.24, 2.45) is 0 Å². The number of hydrogen-bond donors (Lipinski definition) is 1. The fourth-order valence-electron chi connectivity index (χ4n) is 3.37. The summed E-state index contributed by atoms with van der Waals surface area (Å²) in [7, 11) is 1.80. The first-order valence-electron chi connectivity index (χ1n) is 9.75. The highest BCUT2D eigenvalue weighted by Gasteiger charge is 2.21. The largest absolute Gasteiger partial charge is 0.334 e. The Morgan fingerprint density at radius 1 is 1.29 bits per heavy atom. The summed E-state index contributed by atoms with van der Waals surface area (Å²) in [5.74, 6) is 0.180. The van der Waals surface area contributed by atoms with Crippen molar-refractivity contribution < 1.29 is 9.59 Å². The van der Waals surface area contributed by atoms with Crippen LogP contribution in [0.2, 0.25) is 0 Å². The van der Waals surface area contributed by atoms with Gasteiger partial charge < -0.3 is 15.1 Å². The minimum atomic E-state index is -0.112. The molecule has 0 radical (unpaired) electrons. The predicted octanol–water partition coefficient (Wildman–Crippen LogP) is 3.29. The monoisotopic (exact) mass is 380 g/mol. The number of amides is 3. The normalized spacial score (nSPS) is 14.8. The third-order valence-corrected chi connectivity index (χ3v) is 5.22. The summed E-state index contributed by atoms with van der Waals surface area (Å²) in [5, 5.41) is 2.96. The number of nitrogens with zero attached hydrogens (tertiary/aromatic N) is 3. The standard InChI is InChI=1S/C22H28N4O2/c1-16-10-11-23-19(13-16)14-17(2)25(3)22(28)24-15-18-6-8-20(9-7-18)26-12-4-5-21(26)27/h6-11,13,17H,4-5,12,14-15H2,1-3H3,(H,24,28)/t17-/m1/s1. The van der Waals surface area contributed by atoms with Crippen molar-refractivity contribution in [1.82, 2.24) is 15.2 Å². The Morgan fingerprint density at radius 2 is 2.04 bits per heavy atom. The van der Waals surface area contributed by atoms with Gasteiger partial charge in [-0.2, -0.15) is 0 Å². The zero-order valence-corrected chi connectivity index (χ0v) is 16.8. The van der Waals surface area contributed by atoms with Crippen LogP contribution in [0.15, 0.2) is 42.6 Å². The number of aromatic nitrogens is 1. The molecule has 3 amide bonds. The van der Waals surface area contributed by atoms with Gasteiger partial charge in [0, 0.05) is 56.6 Å². The summed E-state index contributed by atoms with van der Waals surface area (Å²) in [4.78, 5) is 32.2. The van der Waals surface area contributed by atoms with E-state index in [1.54, 1.807) is 18.1 Å². The zero-order valence-electron chi connectivity index (χ0n) is 16.8. The molecule has 0 unspecified atom stereocenters. The van der Waals surface area contributed by atoms with Crippen LogP contribution in [0.3, 0.4) is 0 Å². The number of anilines is 1. The van der Waals surface area contributed by atoms with Crippen LogP contribution in [0.1, 0.15) is 36.6 Å².